The smallest absolute Gasteiger partial charge is 0.255 e. The van der Waals surface area contributed by atoms with Gasteiger partial charge in [0, 0.05) is 19.3 Å². The Bertz CT molecular complexity index is 363. The molecule has 86 valence electrons. The van der Waals surface area contributed by atoms with Gasteiger partial charge in [-0.1, -0.05) is 11.6 Å². The number of anilines is 1. The van der Waals surface area contributed by atoms with Gasteiger partial charge in [0.05, 0.1) is 11.6 Å². The summed E-state index contributed by atoms with van der Waals surface area (Å²) in [6, 6.07) is 3.32. The Hall–Kier alpha value is -1.17. The van der Waals surface area contributed by atoms with Crippen LogP contribution in [-0.4, -0.2) is 36.7 Å². The van der Waals surface area contributed by atoms with Crippen LogP contribution in [-0.2, 0) is 9.53 Å². The van der Waals surface area contributed by atoms with E-state index in [9.17, 15) is 4.79 Å². The number of pyridine rings is 1. The lowest BCUT2D eigenvalue weighted by Gasteiger charge is -2.22. The number of nitrogens with zero attached hydrogens (tertiary/aromatic N) is 1. The van der Waals surface area contributed by atoms with Gasteiger partial charge in [-0.05, 0) is 12.1 Å². The van der Waals surface area contributed by atoms with Crippen molar-refractivity contribution in [3.05, 3.63) is 23.4 Å². The molecule has 1 saturated heterocycles. The summed E-state index contributed by atoms with van der Waals surface area (Å²) in [6.07, 6.45) is 1.03. The first-order chi connectivity index (χ1) is 7.75. The zero-order chi connectivity index (χ0) is 11.4. The summed E-state index contributed by atoms with van der Waals surface area (Å²) in [7, 11) is 0. The molecule has 5 nitrogen and oxygen atoms in total. The van der Waals surface area contributed by atoms with Crippen LogP contribution < -0.4 is 10.6 Å². The van der Waals surface area contributed by atoms with E-state index < -0.39 is 6.10 Å². The second-order valence-corrected chi connectivity index (χ2v) is 3.85. The second-order valence-electron chi connectivity index (χ2n) is 3.41. The summed E-state index contributed by atoms with van der Waals surface area (Å²) < 4.78 is 5.31. The van der Waals surface area contributed by atoms with Gasteiger partial charge >= 0.3 is 0 Å². The molecule has 1 aliphatic rings. The summed E-state index contributed by atoms with van der Waals surface area (Å²) in [5.74, 6) is 0.283. The summed E-state index contributed by atoms with van der Waals surface area (Å²) in [5.41, 5.74) is 0. The van der Waals surface area contributed by atoms with Gasteiger partial charge in [0.2, 0.25) is 0 Å². The first-order valence-electron chi connectivity index (χ1n) is 5.00. The third-order valence-corrected chi connectivity index (χ3v) is 2.42. The molecule has 0 spiro atoms. The first kappa shape index (κ1) is 11.3. The number of carbonyl (C=O) groups is 1. The largest absolute Gasteiger partial charge is 0.366 e. The highest BCUT2D eigenvalue weighted by Gasteiger charge is 2.21. The molecule has 0 saturated carbocycles. The van der Waals surface area contributed by atoms with E-state index in [1.54, 1.807) is 12.1 Å². The Kier molecular flexibility index (Phi) is 3.71. The first-order valence-corrected chi connectivity index (χ1v) is 5.38. The van der Waals surface area contributed by atoms with Crippen molar-refractivity contribution < 1.29 is 9.53 Å². The van der Waals surface area contributed by atoms with Gasteiger partial charge < -0.3 is 15.4 Å². The Morgan fingerprint density at radius 1 is 1.62 bits per heavy atom. The molecule has 6 heteroatoms. The van der Waals surface area contributed by atoms with Crippen molar-refractivity contribution in [2.75, 3.05) is 25.0 Å². The van der Waals surface area contributed by atoms with E-state index in [1.807, 2.05) is 0 Å². The lowest BCUT2D eigenvalue weighted by atomic mass is 10.3. The average Bonchev–Trinajstić information content (AvgIpc) is 2.33. The molecule has 2 N–H and O–H groups in total. The number of aromatic nitrogens is 1. The van der Waals surface area contributed by atoms with Gasteiger partial charge in [-0.3, -0.25) is 4.79 Å². The van der Waals surface area contributed by atoms with E-state index in [2.05, 4.69) is 15.6 Å². The predicted molar refractivity (Wildman–Crippen MR) is 60.5 cm³/mol. The minimum absolute atomic E-state index is 0.193. The van der Waals surface area contributed by atoms with Crippen molar-refractivity contribution in [3.63, 3.8) is 0 Å². The molecule has 1 atom stereocenters. The number of carbonyl (C=O) groups excluding carboxylic acids is 1. The maximum atomic E-state index is 11.7. The highest BCUT2D eigenvalue weighted by Crippen LogP contribution is 2.10. The summed E-state index contributed by atoms with van der Waals surface area (Å²) in [5, 5.41) is 6.28. The lowest BCUT2D eigenvalue weighted by molar-refractivity contribution is -0.128. The van der Waals surface area contributed by atoms with Crippen LogP contribution in [0.1, 0.15) is 0 Å². The van der Waals surface area contributed by atoms with Crippen molar-refractivity contribution >= 4 is 23.3 Å². The number of hydrogen-bond donors (Lipinski definition) is 2. The minimum atomic E-state index is -0.453. The van der Waals surface area contributed by atoms with Crippen LogP contribution in [0.4, 0.5) is 5.82 Å². The quantitative estimate of drug-likeness (QED) is 0.799. The molecule has 2 rings (SSSR count). The molecular formula is C10H12ClN3O2. The van der Waals surface area contributed by atoms with E-state index in [0.717, 1.165) is 6.54 Å². The molecule has 16 heavy (non-hydrogen) atoms. The molecule has 1 amide bonds. The van der Waals surface area contributed by atoms with Gasteiger partial charge in [-0.15, -0.1) is 0 Å². The molecule has 0 radical (unpaired) electrons. The minimum Gasteiger partial charge on any atom is -0.366 e. The maximum Gasteiger partial charge on any atom is 0.255 e. The van der Waals surface area contributed by atoms with Crippen LogP contribution in [0, 0.1) is 0 Å². The van der Waals surface area contributed by atoms with Crippen LogP contribution in [0.5, 0.6) is 0 Å². The Balaban J connectivity index is 1.93. The Labute approximate surface area is 98.1 Å². The van der Waals surface area contributed by atoms with Crippen molar-refractivity contribution in [2.24, 2.45) is 0 Å². The third-order valence-electron chi connectivity index (χ3n) is 2.20. The van der Waals surface area contributed by atoms with Crippen LogP contribution in [0.2, 0.25) is 5.02 Å². The topological polar surface area (TPSA) is 63.2 Å². The predicted octanol–water partition coefficient (Wildman–Crippen LogP) is 0.662. The zero-order valence-corrected chi connectivity index (χ0v) is 9.33. The number of amides is 1. The van der Waals surface area contributed by atoms with Crippen molar-refractivity contribution in [1.82, 2.24) is 10.3 Å². The normalized spacial score (nSPS) is 20.4. The maximum absolute atomic E-state index is 11.7. The molecule has 1 aromatic rings. The van der Waals surface area contributed by atoms with Crippen molar-refractivity contribution in [1.29, 1.82) is 0 Å². The molecular weight excluding hydrogens is 230 g/mol. The fraction of sp³-hybridized carbons (Fsp3) is 0.400. The number of rotatable bonds is 2. The molecule has 1 aromatic heterocycles. The molecule has 0 aromatic carbocycles. The highest BCUT2D eigenvalue weighted by molar-refractivity contribution is 6.30. The third kappa shape index (κ3) is 2.91. The number of halogens is 1. The van der Waals surface area contributed by atoms with Gasteiger partial charge in [0.15, 0.2) is 0 Å². The van der Waals surface area contributed by atoms with E-state index in [4.69, 9.17) is 16.3 Å². The molecule has 0 bridgehead atoms. The second kappa shape index (κ2) is 5.25. The zero-order valence-electron chi connectivity index (χ0n) is 8.57. The van der Waals surface area contributed by atoms with Gasteiger partial charge in [-0.2, -0.15) is 0 Å². The summed E-state index contributed by atoms with van der Waals surface area (Å²) in [4.78, 5) is 15.7. The fourth-order valence-electron chi connectivity index (χ4n) is 1.39. The Morgan fingerprint density at radius 3 is 3.12 bits per heavy atom. The molecule has 1 aliphatic heterocycles. The van der Waals surface area contributed by atoms with E-state index >= 15 is 0 Å². The fourth-order valence-corrected chi connectivity index (χ4v) is 1.50. The molecule has 1 fully saturated rings. The molecule has 0 aliphatic carbocycles. The SMILES string of the molecule is O=C(Nc1ccc(Cl)cn1)C1CNCCO1. The van der Waals surface area contributed by atoms with Gasteiger partial charge in [0.1, 0.15) is 11.9 Å². The van der Waals surface area contributed by atoms with E-state index in [1.165, 1.54) is 6.20 Å². The van der Waals surface area contributed by atoms with Crippen LogP contribution in [0.3, 0.4) is 0 Å². The van der Waals surface area contributed by atoms with Gasteiger partial charge in [0.25, 0.3) is 5.91 Å². The van der Waals surface area contributed by atoms with Crippen molar-refractivity contribution in [3.8, 4) is 0 Å². The van der Waals surface area contributed by atoms with Crippen LogP contribution in [0.25, 0.3) is 0 Å². The summed E-state index contributed by atoms with van der Waals surface area (Å²) in [6.45, 7) is 1.86. The Morgan fingerprint density at radius 2 is 2.50 bits per heavy atom. The monoisotopic (exact) mass is 241 g/mol. The molecule has 1 unspecified atom stereocenters. The van der Waals surface area contributed by atoms with Crippen LogP contribution >= 0.6 is 11.6 Å². The van der Waals surface area contributed by atoms with Gasteiger partial charge in [-0.25, -0.2) is 4.98 Å². The number of hydrogen-bond acceptors (Lipinski definition) is 4. The number of ether oxygens (including phenoxy) is 1. The van der Waals surface area contributed by atoms with E-state index in [0.29, 0.717) is 24.0 Å². The summed E-state index contributed by atoms with van der Waals surface area (Å²) >= 11 is 5.69. The average molecular weight is 242 g/mol. The number of nitrogens with one attached hydrogen (secondary N) is 2. The highest BCUT2D eigenvalue weighted by atomic mass is 35.5. The van der Waals surface area contributed by atoms with E-state index in [-0.39, 0.29) is 5.91 Å². The van der Waals surface area contributed by atoms with Crippen molar-refractivity contribution in [2.45, 2.75) is 6.10 Å². The molecule has 2 heterocycles. The standard InChI is InChI=1S/C10H12ClN3O2/c11-7-1-2-9(13-5-7)14-10(15)8-6-12-3-4-16-8/h1-2,5,8,12H,3-4,6H2,(H,13,14,15). The van der Waals surface area contributed by atoms with Crippen LogP contribution in [0.15, 0.2) is 18.3 Å². The lowest BCUT2D eigenvalue weighted by Crippen LogP contribution is -2.45. The number of morpholine rings is 1.